The lowest BCUT2D eigenvalue weighted by atomic mass is 10.3. The van der Waals surface area contributed by atoms with Gasteiger partial charge in [0.05, 0.1) is 0 Å². The molecule has 0 spiro atoms. The van der Waals surface area contributed by atoms with Crippen LogP contribution in [0.15, 0.2) is 4.74 Å². The molecule has 110 valence electrons. The third kappa shape index (κ3) is 8.35. The maximum atomic E-state index is 5.27. The van der Waals surface area contributed by atoms with Gasteiger partial charge in [0.25, 0.3) is 0 Å². The van der Waals surface area contributed by atoms with Gasteiger partial charge < -0.3 is 4.74 Å². The summed E-state index contributed by atoms with van der Waals surface area (Å²) in [5.41, 5.74) is 0. The Bertz CT molecular complexity index is 195. The SMILES string of the molecule is CCCCN=P(CCCC)(CCCC)CCCC. The molecule has 0 unspecified atom stereocenters. The molecule has 0 fully saturated rings. The van der Waals surface area contributed by atoms with Crippen molar-refractivity contribution in [3.63, 3.8) is 0 Å². The molecule has 2 heteroatoms. The van der Waals surface area contributed by atoms with Crippen LogP contribution >= 0.6 is 7.05 Å². The molecule has 0 aliphatic heterocycles. The summed E-state index contributed by atoms with van der Waals surface area (Å²) in [6.45, 7) is 10.4. The van der Waals surface area contributed by atoms with E-state index in [9.17, 15) is 0 Å². The molecule has 0 aromatic heterocycles. The van der Waals surface area contributed by atoms with E-state index in [0.29, 0.717) is 0 Å². The summed E-state index contributed by atoms with van der Waals surface area (Å²) in [6, 6.07) is 0. The Hall–Kier alpha value is 0.230. The maximum Gasteiger partial charge on any atom is 0.0374 e. The van der Waals surface area contributed by atoms with Crippen LogP contribution in [0.25, 0.3) is 0 Å². The van der Waals surface area contributed by atoms with E-state index in [1.54, 1.807) is 0 Å². The number of rotatable bonds is 12. The molecule has 0 aliphatic carbocycles. The first kappa shape index (κ1) is 18.2. The molecule has 0 heterocycles. The van der Waals surface area contributed by atoms with Crippen LogP contribution in [0.1, 0.15) is 79.1 Å². The van der Waals surface area contributed by atoms with Crippen molar-refractivity contribution in [2.75, 3.05) is 25.0 Å². The van der Waals surface area contributed by atoms with Crippen LogP contribution < -0.4 is 0 Å². The number of hydrogen-bond donors (Lipinski definition) is 0. The Labute approximate surface area is 116 Å². The van der Waals surface area contributed by atoms with Gasteiger partial charge in [-0.15, -0.1) is 0 Å². The summed E-state index contributed by atoms with van der Waals surface area (Å²) in [5.74, 6) is 0. The zero-order chi connectivity index (χ0) is 13.7. The lowest BCUT2D eigenvalue weighted by molar-refractivity contribution is 0.798. The molecule has 0 radical (unpaired) electrons. The van der Waals surface area contributed by atoms with Crippen molar-refractivity contribution >= 4 is 7.05 Å². The van der Waals surface area contributed by atoms with Crippen molar-refractivity contribution in [3.8, 4) is 0 Å². The molecule has 0 bridgehead atoms. The lowest BCUT2D eigenvalue weighted by Crippen LogP contribution is -2.02. The predicted molar refractivity (Wildman–Crippen MR) is 88.4 cm³/mol. The zero-order valence-electron chi connectivity index (χ0n) is 13.4. The van der Waals surface area contributed by atoms with Crippen LogP contribution in [-0.4, -0.2) is 25.0 Å². The standard InChI is InChI=1S/C16H36NP/c1-5-9-13-17-18(14-10-6-2,15-11-7-3)16-12-8-4/h5-16H2,1-4H3. The molecule has 0 N–H and O–H groups in total. The Kier molecular flexibility index (Phi) is 12.4. The lowest BCUT2D eigenvalue weighted by Gasteiger charge is -2.25. The van der Waals surface area contributed by atoms with E-state index in [4.69, 9.17) is 4.74 Å². The molecule has 0 aromatic rings. The van der Waals surface area contributed by atoms with Gasteiger partial charge in [-0.05, 0) is 51.2 Å². The summed E-state index contributed by atoms with van der Waals surface area (Å²) in [4.78, 5) is 0. The van der Waals surface area contributed by atoms with Crippen molar-refractivity contribution in [3.05, 3.63) is 0 Å². The summed E-state index contributed by atoms with van der Waals surface area (Å²) < 4.78 is 5.27. The minimum atomic E-state index is -0.950. The highest BCUT2D eigenvalue weighted by atomic mass is 31.2. The van der Waals surface area contributed by atoms with Crippen molar-refractivity contribution in [1.29, 1.82) is 0 Å². The highest BCUT2D eigenvalue weighted by Crippen LogP contribution is 2.52. The Morgan fingerprint density at radius 1 is 0.611 bits per heavy atom. The fourth-order valence-corrected chi connectivity index (χ4v) is 6.72. The fourth-order valence-electron chi connectivity index (χ4n) is 2.35. The van der Waals surface area contributed by atoms with Gasteiger partial charge in [0.15, 0.2) is 0 Å². The maximum absolute atomic E-state index is 5.27. The molecule has 0 rings (SSSR count). The number of nitrogens with zero attached hydrogens (tertiary/aromatic N) is 1. The van der Waals surface area contributed by atoms with Crippen LogP contribution in [0.4, 0.5) is 0 Å². The van der Waals surface area contributed by atoms with Crippen LogP contribution in [-0.2, 0) is 0 Å². The van der Waals surface area contributed by atoms with Gasteiger partial charge in [0.1, 0.15) is 0 Å². The third-order valence-electron chi connectivity index (χ3n) is 3.70. The van der Waals surface area contributed by atoms with Crippen molar-refractivity contribution in [1.82, 2.24) is 0 Å². The van der Waals surface area contributed by atoms with Crippen molar-refractivity contribution < 1.29 is 0 Å². The Balaban J connectivity index is 4.67. The van der Waals surface area contributed by atoms with Crippen molar-refractivity contribution in [2.45, 2.75) is 79.1 Å². The van der Waals surface area contributed by atoms with Crippen LogP contribution in [0.3, 0.4) is 0 Å². The molecular weight excluding hydrogens is 237 g/mol. The Morgan fingerprint density at radius 3 is 1.33 bits per heavy atom. The largest absolute Gasteiger partial charge is 0.303 e. The summed E-state index contributed by atoms with van der Waals surface area (Å²) in [6.07, 6.45) is 15.1. The molecule has 0 saturated carbocycles. The van der Waals surface area contributed by atoms with Gasteiger partial charge in [-0.3, -0.25) is 0 Å². The highest BCUT2D eigenvalue weighted by Gasteiger charge is 2.17. The van der Waals surface area contributed by atoms with Gasteiger partial charge in [-0.2, -0.15) is 0 Å². The summed E-state index contributed by atoms with van der Waals surface area (Å²) in [5, 5.41) is 0. The average Bonchev–Trinajstić information content (AvgIpc) is 2.40. The van der Waals surface area contributed by atoms with Crippen LogP contribution in [0.2, 0.25) is 0 Å². The number of unbranched alkanes of at least 4 members (excludes halogenated alkanes) is 4. The van der Waals surface area contributed by atoms with E-state index in [2.05, 4.69) is 27.7 Å². The third-order valence-corrected chi connectivity index (χ3v) is 7.94. The molecule has 1 nitrogen and oxygen atoms in total. The first-order valence-corrected chi connectivity index (χ1v) is 10.6. The molecule has 18 heavy (non-hydrogen) atoms. The van der Waals surface area contributed by atoms with E-state index < -0.39 is 7.05 Å². The van der Waals surface area contributed by atoms with E-state index in [1.165, 1.54) is 69.9 Å². The van der Waals surface area contributed by atoms with E-state index in [-0.39, 0.29) is 0 Å². The minimum Gasteiger partial charge on any atom is -0.303 e. The van der Waals surface area contributed by atoms with E-state index in [1.807, 2.05) is 0 Å². The van der Waals surface area contributed by atoms with Crippen LogP contribution in [0.5, 0.6) is 0 Å². The molecule has 0 amide bonds. The number of hydrogen-bond acceptors (Lipinski definition) is 1. The molecular formula is C16H36NP. The smallest absolute Gasteiger partial charge is 0.0374 e. The second-order valence-electron chi connectivity index (χ2n) is 5.55. The topological polar surface area (TPSA) is 12.4 Å². The summed E-state index contributed by atoms with van der Waals surface area (Å²) in [7, 11) is -0.950. The quantitative estimate of drug-likeness (QED) is 0.288. The minimum absolute atomic E-state index is 0.950. The zero-order valence-corrected chi connectivity index (χ0v) is 14.3. The van der Waals surface area contributed by atoms with Crippen molar-refractivity contribution in [2.24, 2.45) is 4.74 Å². The monoisotopic (exact) mass is 273 g/mol. The van der Waals surface area contributed by atoms with E-state index in [0.717, 1.165) is 6.54 Å². The summed E-state index contributed by atoms with van der Waals surface area (Å²) >= 11 is 0. The fraction of sp³-hybridized carbons (Fsp3) is 1.00. The second kappa shape index (κ2) is 12.3. The molecule has 0 saturated heterocycles. The first-order valence-electron chi connectivity index (χ1n) is 8.29. The molecule has 0 aliphatic rings. The highest BCUT2D eigenvalue weighted by molar-refractivity contribution is 7.66. The normalized spacial score (nSPS) is 11.8. The van der Waals surface area contributed by atoms with Gasteiger partial charge in [0.2, 0.25) is 0 Å². The predicted octanol–water partition coefficient (Wildman–Crippen LogP) is 6.39. The van der Waals surface area contributed by atoms with Gasteiger partial charge in [0, 0.05) is 6.54 Å². The Morgan fingerprint density at radius 2 is 1.00 bits per heavy atom. The van der Waals surface area contributed by atoms with E-state index >= 15 is 0 Å². The molecule has 0 atom stereocenters. The van der Waals surface area contributed by atoms with Gasteiger partial charge in [-0.1, -0.05) is 53.4 Å². The van der Waals surface area contributed by atoms with Gasteiger partial charge in [-0.25, -0.2) is 0 Å². The van der Waals surface area contributed by atoms with Gasteiger partial charge >= 0.3 is 0 Å². The second-order valence-corrected chi connectivity index (χ2v) is 9.36. The average molecular weight is 273 g/mol. The van der Waals surface area contributed by atoms with Crippen LogP contribution in [0, 0.1) is 0 Å². The molecule has 0 aromatic carbocycles. The first-order chi connectivity index (χ1) is 8.74.